The molecular weight excluding hydrogens is 295 g/mol. The Balaban J connectivity index is 1.62. The van der Waals surface area contributed by atoms with E-state index in [1.54, 1.807) is 5.06 Å². The summed E-state index contributed by atoms with van der Waals surface area (Å²) in [4.78, 5) is 5.69. The zero-order valence-corrected chi connectivity index (χ0v) is 11.6. The molecule has 2 aromatic rings. The highest BCUT2D eigenvalue weighted by atomic mass is 19.4. The molecule has 22 heavy (non-hydrogen) atoms. The average Bonchev–Trinajstić information content (AvgIpc) is 2.48. The van der Waals surface area contributed by atoms with E-state index in [2.05, 4.69) is 10.8 Å². The number of hydrogen-bond donors (Lipinski definition) is 0. The second kappa shape index (κ2) is 5.88. The van der Waals surface area contributed by atoms with Crippen molar-refractivity contribution in [2.24, 2.45) is 0 Å². The van der Waals surface area contributed by atoms with E-state index in [1.165, 1.54) is 35.4 Å². The minimum atomic E-state index is -4.68. The number of alkyl halides is 3. The smallest absolute Gasteiger partial charge is 0.406 e. The molecule has 0 spiro atoms. The first kappa shape index (κ1) is 14.7. The fourth-order valence-electron chi connectivity index (χ4n) is 2.40. The van der Waals surface area contributed by atoms with Crippen LogP contribution in [0.3, 0.4) is 0 Å². The van der Waals surface area contributed by atoms with Crippen LogP contribution in [0, 0.1) is 0 Å². The van der Waals surface area contributed by atoms with Crippen LogP contribution in [0.4, 0.5) is 13.2 Å². The van der Waals surface area contributed by atoms with Crippen molar-refractivity contribution < 1.29 is 22.7 Å². The summed E-state index contributed by atoms with van der Waals surface area (Å²) >= 11 is 0. The van der Waals surface area contributed by atoms with Crippen LogP contribution in [-0.2, 0) is 13.0 Å². The molecular formula is C16H14F3NO2. The summed E-state index contributed by atoms with van der Waals surface area (Å²) in [6.45, 7) is 1.38. The molecule has 6 heteroatoms. The van der Waals surface area contributed by atoms with Gasteiger partial charge in [0.1, 0.15) is 11.5 Å². The number of benzene rings is 2. The number of ether oxygens (including phenoxy) is 1. The molecule has 1 aliphatic heterocycles. The molecule has 1 aliphatic rings. The molecule has 0 fully saturated rings. The van der Waals surface area contributed by atoms with Crippen LogP contribution in [0.15, 0.2) is 48.5 Å². The van der Waals surface area contributed by atoms with Gasteiger partial charge in [0, 0.05) is 6.54 Å². The lowest BCUT2D eigenvalue weighted by Gasteiger charge is -2.28. The lowest BCUT2D eigenvalue weighted by Crippen LogP contribution is -2.33. The Labute approximate surface area is 125 Å². The van der Waals surface area contributed by atoms with Crippen molar-refractivity contribution >= 4 is 0 Å². The fourth-order valence-corrected chi connectivity index (χ4v) is 2.40. The van der Waals surface area contributed by atoms with Crippen molar-refractivity contribution in [1.82, 2.24) is 5.06 Å². The molecule has 2 aromatic carbocycles. The van der Waals surface area contributed by atoms with Crippen LogP contribution in [0.2, 0.25) is 0 Å². The van der Waals surface area contributed by atoms with Crippen molar-refractivity contribution in [1.29, 1.82) is 0 Å². The minimum absolute atomic E-state index is 0.260. The summed E-state index contributed by atoms with van der Waals surface area (Å²) < 4.78 is 40.1. The SMILES string of the molecule is FC(F)(F)Oc1ccc(ON2CCc3ccccc3C2)cc1. The zero-order valence-electron chi connectivity index (χ0n) is 11.6. The molecule has 1 heterocycles. The summed E-state index contributed by atoms with van der Waals surface area (Å²) in [5, 5.41) is 1.79. The molecule has 0 atom stereocenters. The second-order valence-electron chi connectivity index (χ2n) is 4.99. The van der Waals surface area contributed by atoms with Crippen molar-refractivity contribution in [2.75, 3.05) is 6.54 Å². The first-order valence-corrected chi connectivity index (χ1v) is 6.85. The largest absolute Gasteiger partial charge is 0.573 e. The Bertz CT molecular complexity index is 641. The van der Waals surface area contributed by atoms with Gasteiger partial charge in [0.05, 0.1) is 6.54 Å². The molecule has 0 radical (unpaired) electrons. The number of nitrogens with zero attached hydrogens (tertiary/aromatic N) is 1. The van der Waals surface area contributed by atoms with Gasteiger partial charge in [0.25, 0.3) is 0 Å². The van der Waals surface area contributed by atoms with E-state index in [4.69, 9.17) is 4.84 Å². The first-order valence-electron chi connectivity index (χ1n) is 6.85. The summed E-state index contributed by atoms with van der Waals surface area (Å²) in [6.07, 6.45) is -3.80. The van der Waals surface area contributed by atoms with Crippen LogP contribution >= 0.6 is 0 Å². The molecule has 3 rings (SSSR count). The monoisotopic (exact) mass is 309 g/mol. The van der Waals surface area contributed by atoms with Gasteiger partial charge in [0.15, 0.2) is 0 Å². The maximum absolute atomic E-state index is 12.1. The lowest BCUT2D eigenvalue weighted by atomic mass is 10.0. The number of hydrogen-bond acceptors (Lipinski definition) is 3. The summed E-state index contributed by atoms with van der Waals surface area (Å²) in [5.41, 5.74) is 2.50. The Kier molecular flexibility index (Phi) is 3.94. The minimum Gasteiger partial charge on any atom is -0.406 e. The van der Waals surface area contributed by atoms with Gasteiger partial charge < -0.3 is 9.57 Å². The fraction of sp³-hybridized carbons (Fsp3) is 0.250. The van der Waals surface area contributed by atoms with E-state index in [-0.39, 0.29) is 5.75 Å². The van der Waals surface area contributed by atoms with Gasteiger partial charge in [-0.25, -0.2) is 0 Å². The van der Waals surface area contributed by atoms with Crippen LogP contribution in [0.5, 0.6) is 11.5 Å². The van der Waals surface area contributed by atoms with Crippen LogP contribution in [0.1, 0.15) is 11.1 Å². The molecule has 0 N–H and O–H groups in total. The Hall–Kier alpha value is -2.21. The van der Waals surface area contributed by atoms with E-state index in [1.807, 2.05) is 18.2 Å². The highest BCUT2D eigenvalue weighted by Gasteiger charge is 2.31. The Morgan fingerprint density at radius 3 is 2.18 bits per heavy atom. The van der Waals surface area contributed by atoms with Gasteiger partial charge >= 0.3 is 6.36 Å². The predicted molar refractivity (Wildman–Crippen MR) is 74.3 cm³/mol. The molecule has 0 saturated carbocycles. The van der Waals surface area contributed by atoms with E-state index >= 15 is 0 Å². The van der Waals surface area contributed by atoms with Crippen LogP contribution < -0.4 is 9.57 Å². The van der Waals surface area contributed by atoms with Gasteiger partial charge in [-0.2, -0.15) is 0 Å². The highest BCUT2D eigenvalue weighted by Crippen LogP contribution is 2.26. The third-order valence-electron chi connectivity index (χ3n) is 3.39. The highest BCUT2D eigenvalue weighted by molar-refractivity contribution is 5.32. The van der Waals surface area contributed by atoms with Crippen LogP contribution in [0.25, 0.3) is 0 Å². The summed E-state index contributed by atoms with van der Waals surface area (Å²) in [6, 6.07) is 13.5. The van der Waals surface area contributed by atoms with Crippen molar-refractivity contribution in [2.45, 2.75) is 19.3 Å². The normalized spacial score (nSPS) is 15.2. The number of hydroxylamine groups is 2. The van der Waals surface area contributed by atoms with Crippen LogP contribution in [-0.4, -0.2) is 18.0 Å². The van der Waals surface area contributed by atoms with E-state index in [9.17, 15) is 13.2 Å². The molecule has 0 saturated heterocycles. The molecule has 0 aromatic heterocycles. The van der Waals surface area contributed by atoms with E-state index < -0.39 is 6.36 Å². The van der Waals surface area contributed by atoms with E-state index in [0.29, 0.717) is 12.3 Å². The third kappa shape index (κ3) is 3.71. The van der Waals surface area contributed by atoms with Crippen molar-refractivity contribution in [3.05, 3.63) is 59.7 Å². The van der Waals surface area contributed by atoms with Gasteiger partial charge in [0.2, 0.25) is 0 Å². The number of rotatable bonds is 3. The average molecular weight is 309 g/mol. The molecule has 116 valence electrons. The van der Waals surface area contributed by atoms with Gasteiger partial charge in [-0.15, -0.1) is 18.2 Å². The Morgan fingerprint density at radius 1 is 0.864 bits per heavy atom. The second-order valence-corrected chi connectivity index (χ2v) is 4.99. The summed E-state index contributed by atoms with van der Waals surface area (Å²) in [7, 11) is 0. The first-order chi connectivity index (χ1) is 10.5. The Morgan fingerprint density at radius 2 is 1.50 bits per heavy atom. The predicted octanol–water partition coefficient (Wildman–Crippen LogP) is 3.94. The molecule has 0 bridgehead atoms. The zero-order chi connectivity index (χ0) is 15.6. The van der Waals surface area contributed by atoms with Gasteiger partial charge in [-0.3, -0.25) is 0 Å². The van der Waals surface area contributed by atoms with Crippen molar-refractivity contribution in [3.8, 4) is 11.5 Å². The molecule has 0 aliphatic carbocycles. The quantitative estimate of drug-likeness (QED) is 0.857. The van der Waals surface area contributed by atoms with Gasteiger partial charge in [-0.05, 0) is 41.8 Å². The topological polar surface area (TPSA) is 21.7 Å². The lowest BCUT2D eigenvalue weighted by molar-refractivity contribution is -0.274. The van der Waals surface area contributed by atoms with Gasteiger partial charge in [-0.1, -0.05) is 24.3 Å². The maximum Gasteiger partial charge on any atom is 0.573 e. The number of fused-ring (bicyclic) bond motifs is 1. The molecule has 0 unspecified atom stereocenters. The summed E-state index contributed by atoms with van der Waals surface area (Å²) in [5.74, 6) is 0.220. The molecule has 3 nitrogen and oxygen atoms in total. The number of halogens is 3. The standard InChI is InChI=1S/C16H14F3NO2/c17-16(18,19)21-14-5-7-15(8-6-14)22-20-10-9-12-3-1-2-4-13(12)11-20/h1-8H,9-11H2. The van der Waals surface area contributed by atoms with E-state index in [0.717, 1.165) is 13.0 Å². The third-order valence-corrected chi connectivity index (χ3v) is 3.39. The molecule has 0 amide bonds. The maximum atomic E-state index is 12.1. The van der Waals surface area contributed by atoms with Crippen molar-refractivity contribution in [3.63, 3.8) is 0 Å².